The van der Waals surface area contributed by atoms with Gasteiger partial charge in [-0.25, -0.2) is 0 Å². The lowest BCUT2D eigenvalue weighted by molar-refractivity contribution is -0.384. The summed E-state index contributed by atoms with van der Waals surface area (Å²) in [7, 11) is 0. The Labute approximate surface area is 146 Å². The lowest BCUT2D eigenvalue weighted by Gasteiger charge is -1.99. The lowest BCUT2D eigenvalue weighted by atomic mass is 10.1. The number of carbonyl (C=O) groups excluding carboxylic acids is 1. The molecule has 0 radical (unpaired) electrons. The van der Waals surface area contributed by atoms with Crippen LogP contribution in [0.2, 0.25) is 0 Å². The summed E-state index contributed by atoms with van der Waals surface area (Å²) < 4.78 is 6.32. The number of nitrogens with zero attached hydrogens (tertiary/aromatic N) is 1. The Morgan fingerprint density at radius 2 is 1.96 bits per heavy atom. The van der Waals surface area contributed by atoms with E-state index in [1.54, 1.807) is 6.07 Å². The topological polar surface area (TPSA) is 93.6 Å². The molecule has 0 saturated heterocycles. The Hall–Kier alpha value is -2.19. The minimum atomic E-state index is -0.568. The molecule has 1 N–H and O–H groups in total. The number of ketones is 1. The number of hydrogen-bond donors (Lipinski definition) is 1. The predicted octanol–water partition coefficient (Wildman–Crippen LogP) is 4.80. The van der Waals surface area contributed by atoms with Crippen molar-refractivity contribution in [1.29, 1.82) is 0 Å². The van der Waals surface area contributed by atoms with Gasteiger partial charge < -0.3 is 9.52 Å². The second-order valence-corrected chi connectivity index (χ2v) is 6.33. The number of fused-ring (bicyclic) bond motifs is 1. The third-order valence-electron chi connectivity index (χ3n) is 3.23. The molecule has 0 saturated carbocycles. The molecule has 0 aliphatic rings. The van der Waals surface area contributed by atoms with Gasteiger partial charge in [-0.1, -0.05) is 12.1 Å². The third kappa shape index (κ3) is 2.75. The van der Waals surface area contributed by atoms with Crippen molar-refractivity contribution in [2.75, 3.05) is 0 Å². The number of halogens is 2. The van der Waals surface area contributed by atoms with Crippen LogP contribution in [0.25, 0.3) is 11.0 Å². The van der Waals surface area contributed by atoms with E-state index in [1.165, 1.54) is 30.3 Å². The molecule has 3 rings (SSSR count). The normalized spacial score (nSPS) is 10.9. The Morgan fingerprint density at radius 3 is 2.65 bits per heavy atom. The summed E-state index contributed by atoms with van der Waals surface area (Å²) in [6, 6.07) is 8.43. The summed E-state index contributed by atoms with van der Waals surface area (Å²) >= 11 is 6.42. The number of non-ortho nitro benzene ring substituents is 1. The Kier molecular flexibility index (Phi) is 3.95. The first-order valence-electron chi connectivity index (χ1n) is 6.28. The van der Waals surface area contributed by atoms with Crippen LogP contribution < -0.4 is 0 Å². The molecular formula is C15H7Br2NO5. The number of nitro benzene ring substituents is 1. The van der Waals surface area contributed by atoms with E-state index < -0.39 is 10.7 Å². The Morgan fingerprint density at radius 1 is 1.22 bits per heavy atom. The third-order valence-corrected chi connectivity index (χ3v) is 4.64. The maximum absolute atomic E-state index is 12.5. The van der Waals surface area contributed by atoms with Gasteiger partial charge in [0.05, 0.1) is 13.9 Å². The van der Waals surface area contributed by atoms with Crippen LogP contribution in [0.4, 0.5) is 5.69 Å². The molecule has 3 aromatic rings. The quantitative estimate of drug-likeness (QED) is 0.358. The maximum Gasteiger partial charge on any atom is 0.270 e. The fourth-order valence-corrected chi connectivity index (χ4v) is 3.31. The van der Waals surface area contributed by atoms with Crippen molar-refractivity contribution in [3.63, 3.8) is 0 Å². The minimum Gasteiger partial charge on any atom is -0.506 e. The van der Waals surface area contributed by atoms with Crippen LogP contribution in [-0.2, 0) is 0 Å². The number of benzene rings is 2. The van der Waals surface area contributed by atoms with Crippen molar-refractivity contribution in [3.8, 4) is 5.75 Å². The van der Waals surface area contributed by atoms with Crippen molar-refractivity contribution in [2.24, 2.45) is 0 Å². The number of rotatable bonds is 3. The minimum absolute atomic E-state index is 0.00681. The highest BCUT2D eigenvalue weighted by molar-refractivity contribution is 9.11. The highest BCUT2D eigenvalue weighted by atomic mass is 79.9. The van der Waals surface area contributed by atoms with E-state index in [0.29, 0.717) is 19.9 Å². The zero-order valence-corrected chi connectivity index (χ0v) is 14.4. The summed E-state index contributed by atoms with van der Waals surface area (Å²) in [5.74, 6) is -0.459. The second-order valence-electron chi connectivity index (χ2n) is 4.68. The van der Waals surface area contributed by atoms with Crippen molar-refractivity contribution in [2.45, 2.75) is 0 Å². The van der Waals surface area contributed by atoms with Gasteiger partial charge in [-0.05, 0) is 44.0 Å². The summed E-state index contributed by atoms with van der Waals surface area (Å²) in [5.41, 5.74) is 0.376. The number of phenols is 1. The fraction of sp³-hybridized carbons (Fsp3) is 0. The lowest BCUT2D eigenvalue weighted by Crippen LogP contribution is -2.00. The Balaban J connectivity index is 2.10. The van der Waals surface area contributed by atoms with Crippen LogP contribution in [0.15, 0.2) is 49.8 Å². The zero-order valence-electron chi connectivity index (χ0n) is 11.2. The number of phenolic OH excluding ortho intramolecular Hbond substituents is 1. The molecule has 116 valence electrons. The standard InChI is InChI=1S/C15H7Br2NO5/c16-10-6-11-9(13(17)15(10)20)5-12(23-11)14(19)7-2-1-3-8(4-7)18(21)22/h1-6,20H. The molecule has 0 amide bonds. The van der Waals surface area contributed by atoms with E-state index in [0.717, 1.165) is 0 Å². The second kappa shape index (κ2) is 5.78. The van der Waals surface area contributed by atoms with Gasteiger partial charge in [0, 0.05) is 23.1 Å². The van der Waals surface area contributed by atoms with Gasteiger partial charge in [-0.15, -0.1) is 0 Å². The van der Waals surface area contributed by atoms with E-state index in [2.05, 4.69) is 31.9 Å². The SMILES string of the molecule is O=C(c1cccc([N+](=O)[O-])c1)c1cc2c(Br)c(O)c(Br)cc2o1. The van der Waals surface area contributed by atoms with Crippen LogP contribution >= 0.6 is 31.9 Å². The first kappa shape index (κ1) is 15.7. The molecule has 0 bridgehead atoms. The van der Waals surface area contributed by atoms with Gasteiger partial charge in [-0.3, -0.25) is 14.9 Å². The van der Waals surface area contributed by atoms with E-state index in [-0.39, 0.29) is 22.8 Å². The number of carbonyl (C=O) groups is 1. The molecule has 0 spiro atoms. The van der Waals surface area contributed by atoms with Crippen LogP contribution in [0.5, 0.6) is 5.75 Å². The molecule has 8 heteroatoms. The van der Waals surface area contributed by atoms with E-state index in [4.69, 9.17) is 4.42 Å². The largest absolute Gasteiger partial charge is 0.506 e. The smallest absolute Gasteiger partial charge is 0.270 e. The summed E-state index contributed by atoms with van der Waals surface area (Å²) in [5, 5.41) is 21.2. The molecular weight excluding hydrogens is 434 g/mol. The van der Waals surface area contributed by atoms with Crippen molar-refractivity contribution < 1.29 is 19.2 Å². The summed E-state index contributed by atoms with van der Waals surface area (Å²) in [6.07, 6.45) is 0. The molecule has 0 atom stereocenters. The molecule has 0 unspecified atom stereocenters. The molecule has 2 aromatic carbocycles. The highest BCUT2D eigenvalue weighted by Gasteiger charge is 2.20. The van der Waals surface area contributed by atoms with Crippen LogP contribution in [-0.4, -0.2) is 15.8 Å². The Bertz CT molecular complexity index is 964. The molecule has 1 aromatic heterocycles. The molecule has 1 heterocycles. The van der Waals surface area contributed by atoms with Gasteiger partial charge >= 0.3 is 0 Å². The highest BCUT2D eigenvalue weighted by Crippen LogP contribution is 2.40. The number of hydrogen-bond acceptors (Lipinski definition) is 5. The molecule has 0 fully saturated rings. The molecule has 0 aliphatic carbocycles. The van der Waals surface area contributed by atoms with E-state index >= 15 is 0 Å². The molecule has 23 heavy (non-hydrogen) atoms. The first-order valence-corrected chi connectivity index (χ1v) is 7.86. The summed E-state index contributed by atoms with van der Waals surface area (Å²) in [6.45, 7) is 0. The predicted molar refractivity (Wildman–Crippen MR) is 89.8 cm³/mol. The van der Waals surface area contributed by atoms with Crippen LogP contribution in [0, 0.1) is 10.1 Å². The fourth-order valence-electron chi connectivity index (χ4n) is 2.11. The number of aromatic hydroxyl groups is 1. The van der Waals surface area contributed by atoms with E-state index in [9.17, 15) is 20.0 Å². The first-order chi connectivity index (χ1) is 10.9. The van der Waals surface area contributed by atoms with Gasteiger partial charge in [0.25, 0.3) is 5.69 Å². The van der Waals surface area contributed by atoms with Crippen LogP contribution in [0.1, 0.15) is 16.1 Å². The average molecular weight is 441 g/mol. The molecule has 6 nitrogen and oxygen atoms in total. The van der Waals surface area contributed by atoms with Crippen LogP contribution in [0.3, 0.4) is 0 Å². The van der Waals surface area contributed by atoms with Crippen molar-refractivity contribution in [1.82, 2.24) is 0 Å². The molecule has 0 aliphatic heterocycles. The van der Waals surface area contributed by atoms with Crippen molar-refractivity contribution >= 4 is 54.3 Å². The zero-order chi connectivity index (χ0) is 16.7. The monoisotopic (exact) mass is 439 g/mol. The van der Waals surface area contributed by atoms with Crippen molar-refractivity contribution in [3.05, 3.63) is 66.8 Å². The summed E-state index contributed by atoms with van der Waals surface area (Å²) in [4.78, 5) is 22.7. The maximum atomic E-state index is 12.5. The van der Waals surface area contributed by atoms with Gasteiger partial charge in [0.15, 0.2) is 5.76 Å². The number of furan rings is 1. The number of nitro groups is 1. The van der Waals surface area contributed by atoms with Gasteiger partial charge in [0.2, 0.25) is 5.78 Å². The van der Waals surface area contributed by atoms with Gasteiger partial charge in [0.1, 0.15) is 11.3 Å². The average Bonchev–Trinajstić information content (AvgIpc) is 2.96. The van der Waals surface area contributed by atoms with Gasteiger partial charge in [-0.2, -0.15) is 0 Å². The van der Waals surface area contributed by atoms with E-state index in [1.807, 2.05) is 0 Å².